The molecule has 0 saturated carbocycles. The maximum Gasteiger partial charge on any atom is 0.338 e. The lowest BCUT2D eigenvalue weighted by Gasteiger charge is -2.25. The zero-order chi connectivity index (χ0) is 27.6. The maximum atomic E-state index is 13.8. The molecule has 1 aliphatic rings. The molecule has 0 spiro atoms. The van der Waals surface area contributed by atoms with Gasteiger partial charge in [0.25, 0.3) is 11.5 Å². The van der Waals surface area contributed by atoms with Crippen LogP contribution in [-0.2, 0) is 14.3 Å². The fourth-order valence-electron chi connectivity index (χ4n) is 4.19. The minimum absolute atomic E-state index is 0.215. The second-order valence-electron chi connectivity index (χ2n) is 9.07. The van der Waals surface area contributed by atoms with E-state index >= 15 is 0 Å². The molecule has 0 saturated heterocycles. The molecule has 0 aliphatic carbocycles. The van der Waals surface area contributed by atoms with Crippen LogP contribution in [0.1, 0.15) is 56.3 Å². The SMILES string of the molecule is CCOC(=O)C1=C(C)N=c2sc(=Cc3ccc(OCC(N)=O)c(Br)c3)c(=O)n2C1c1ccc(C(C)C)cc1. The van der Waals surface area contributed by atoms with Gasteiger partial charge in [-0.3, -0.25) is 14.2 Å². The van der Waals surface area contributed by atoms with E-state index in [-0.39, 0.29) is 18.8 Å². The predicted octanol–water partition coefficient (Wildman–Crippen LogP) is 3.55. The van der Waals surface area contributed by atoms with Gasteiger partial charge in [0, 0.05) is 0 Å². The Morgan fingerprint density at radius 3 is 2.53 bits per heavy atom. The summed E-state index contributed by atoms with van der Waals surface area (Å²) in [5.74, 6) is -0.258. The Morgan fingerprint density at radius 1 is 1.21 bits per heavy atom. The first-order valence-corrected chi connectivity index (χ1v) is 13.7. The van der Waals surface area contributed by atoms with Gasteiger partial charge in [-0.15, -0.1) is 0 Å². The number of nitrogens with two attached hydrogens (primary N) is 1. The van der Waals surface area contributed by atoms with Crippen LogP contribution in [0.2, 0.25) is 0 Å². The molecule has 198 valence electrons. The van der Waals surface area contributed by atoms with E-state index in [4.69, 9.17) is 15.2 Å². The van der Waals surface area contributed by atoms with Crippen LogP contribution in [0.15, 0.2) is 68.0 Å². The maximum absolute atomic E-state index is 13.8. The highest BCUT2D eigenvalue weighted by Crippen LogP contribution is 2.31. The van der Waals surface area contributed by atoms with Crippen molar-refractivity contribution in [2.75, 3.05) is 13.2 Å². The number of carbonyl (C=O) groups is 2. The lowest BCUT2D eigenvalue weighted by atomic mass is 9.93. The highest BCUT2D eigenvalue weighted by atomic mass is 79.9. The van der Waals surface area contributed by atoms with Gasteiger partial charge in [-0.05, 0) is 70.6 Å². The molecule has 1 aromatic heterocycles. The van der Waals surface area contributed by atoms with Crippen LogP contribution < -0.4 is 25.4 Å². The molecule has 1 unspecified atom stereocenters. The Balaban J connectivity index is 1.83. The third-order valence-electron chi connectivity index (χ3n) is 6.06. The molecule has 0 radical (unpaired) electrons. The van der Waals surface area contributed by atoms with Gasteiger partial charge >= 0.3 is 5.97 Å². The van der Waals surface area contributed by atoms with Gasteiger partial charge in [-0.2, -0.15) is 0 Å². The van der Waals surface area contributed by atoms with Crippen molar-refractivity contribution in [1.29, 1.82) is 0 Å². The number of primary amides is 1. The number of nitrogens with zero attached hydrogens (tertiary/aromatic N) is 2. The number of benzene rings is 2. The first kappa shape index (κ1) is 27.5. The fraction of sp³-hybridized carbons (Fsp3) is 0.286. The molecule has 2 heterocycles. The van der Waals surface area contributed by atoms with E-state index in [0.29, 0.717) is 36.7 Å². The second kappa shape index (κ2) is 11.5. The average Bonchev–Trinajstić information content (AvgIpc) is 3.16. The molecular formula is C28H28BrN3O5S. The number of ether oxygens (including phenoxy) is 2. The number of allylic oxidation sites excluding steroid dienone is 1. The number of hydrogen-bond acceptors (Lipinski definition) is 7. The minimum Gasteiger partial charge on any atom is -0.483 e. The lowest BCUT2D eigenvalue weighted by molar-refractivity contribution is -0.139. The van der Waals surface area contributed by atoms with E-state index in [2.05, 4.69) is 34.8 Å². The van der Waals surface area contributed by atoms with E-state index in [1.807, 2.05) is 24.3 Å². The Labute approximate surface area is 232 Å². The molecule has 0 fully saturated rings. The van der Waals surface area contributed by atoms with E-state index in [1.54, 1.807) is 42.7 Å². The highest BCUT2D eigenvalue weighted by molar-refractivity contribution is 9.10. The van der Waals surface area contributed by atoms with Gasteiger partial charge in [0.05, 0.1) is 32.9 Å². The van der Waals surface area contributed by atoms with Gasteiger partial charge in [-0.25, -0.2) is 9.79 Å². The number of thiazole rings is 1. The molecule has 4 rings (SSSR count). The summed E-state index contributed by atoms with van der Waals surface area (Å²) in [5, 5.41) is 0. The zero-order valence-electron chi connectivity index (χ0n) is 21.5. The highest BCUT2D eigenvalue weighted by Gasteiger charge is 2.33. The summed E-state index contributed by atoms with van der Waals surface area (Å²) in [6, 6.07) is 12.5. The summed E-state index contributed by atoms with van der Waals surface area (Å²) in [4.78, 5) is 42.9. The number of rotatable bonds is 8. The van der Waals surface area contributed by atoms with E-state index in [0.717, 1.165) is 16.7 Å². The molecular weight excluding hydrogens is 570 g/mol. The van der Waals surface area contributed by atoms with Gasteiger partial charge in [-0.1, -0.05) is 55.5 Å². The van der Waals surface area contributed by atoms with Crippen molar-refractivity contribution in [2.45, 2.75) is 39.7 Å². The average molecular weight is 599 g/mol. The van der Waals surface area contributed by atoms with Crippen molar-refractivity contribution in [3.8, 4) is 5.75 Å². The topological polar surface area (TPSA) is 113 Å². The van der Waals surface area contributed by atoms with Gasteiger partial charge < -0.3 is 15.2 Å². The Kier molecular flexibility index (Phi) is 8.32. The molecule has 1 aliphatic heterocycles. The van der Waals surface area contributed by atoms with Crippen LogP contribution in [0, 0.1) is 0 Å². The molecule has 10 heteroatoms. The fourth-order valence-corrected chi connectivity index (χ4v) is 5.75. The van der Waals surface area contributed by atoms with Crippen molar-refractivity contribution in [2.24, 2.45) is 10.7 Å². The Morgan fingerprint density at radius 2 is 1.92 bits per heavy atom. The van der Waals surface area contributed by atoms with Crippen molar-refractivity contribution < 1.29 is 19.1 Å². The number of fused-ring (bicyclic) bond motifs is 1. The number of esters is 1. The summed E-state index contributed by atoms with van der Waals surface area (Å²) in [7, 11) is 0. The first-order chi connectivity index (χ1) is 18.1. The van der Waals surface area contributed by atoms with Crippen LogP contribution in [-0.4, -0.2) is 29.7 Å². The van der Waals surface area contributed by atoms with Gasteiger partial charge in [0.15, 0.2) is 11.4 Å². The summed E-state index contributed by atoms with van der Waals surface area (Å²) in [5.41, 5.74) is 8.47. The van der Waals surface area contributed by atoms with Crippen LogP contribution >= 0.6 is 27.3 Å². The van der Waals surface area contributed by atoms with E-state index in [1.165, 1.54) is 11.3 Å². The summed E-state index contributed by atoms with van der Waals surface area (Å²) in [6.07, 6.45) is 1.76. The molecule has 2 N–H and O–H groups in total. The monoisotopic (exact) mass is 597 g/mol. The van der Waals surface area contributed by atoms with E-state index < -0.39 is 17.9 Å². The van der Waals surface area contributed by atoms with Crippen molar-refractivity contribution in [1.82, 2.24) is 4.57 Å². The van der Waals surface area contributed by atoms with Crippen molar-refractivity contribution in [3.05, 3.63) is 94.6 Å². The summed E-state index contributed by atoms with van der Waals surface area (Å²) >= 11 is 4.69. The van der Waals surface area contributed by atoms with Gasteiger partial charge in [0.2, 0.25) is 0 Å². The predicted molar refractivity (Wildman–Crippen MR) is 150 cm³/mol. The molecule has 38 heavy (non-hydrogen) atoms. The molecule has 8 nitrogen and oxygen atoms in total. The molecule has 0 bridgehead atoms. The minimum atomic E-state index is -0.662. The third-order valence-corrected chi connectivity index (χ3v) is 7.66. The van der Waals surface area contributed by atoms with Crippen molar-refractivity contribution >= 4 is 45.2 Å². The molecule has 2 aromatic carbocycles. The zero-order valence-corrected chi connectivity index (χ0v) is 23.9. The largest absolute Gasteiger partial charge is 0.483 e. The first-order valence-electron chi connectivity index (χ1n) is 12.1. The number of halogens is 1. The smallest absolute Gasteiger partial charge is 0.338 e. The quantitative estimate of drug-likeness (QED) is 0.399. The number of hydrogen-bond donors (Lipinski definition) is 1. The molecule has 1 atom stereocenters. The summed E-state index contributed by atoms with van der Waals surface area (Å²) in [6.45, 7) is 7.71. The standard InChI is InChI=1S/C28H28BrN3O5S/c1-5-36-27(35)24-16(4)31-28-32(25(24)19-9-7-18(8-10-19)15(2)3)26(34)22(38-28)13-17-6-11-21(20(29)12-17)37-14-23(30)33/h6-13,15,25H,5,14H2,1-4H3,(H2,30,33). The lowest BCUT2D eigenvalue weighted by Crippen LogP contribution is -2.39. The second-order valence-corrected chi connectivity index (χ2v) is 10.9. The normalized spacial score (nSPS) is 15.3. The summed E-state index contributed by atoms with van der Waals surface area (Å²) < 4.78 is 13.4. The van der Waals surface area contributed by atoms with Crippen LogP contribution in [0.4, 0.5) is 0 Å². The van der Waals surface area contributed by atoms with Crippen LogP contribution in [0.25, 0.3) is 6.08 Å². The molecule has 3 aromatic rings. The third kappa shape index (κ3) is 5.66. The van der Waals surface area contributed by atoms with Crippen LogP contribution in [0.5, 0.6) is 5.75 Å². The number of aromatic nitrogens is 1. The Bertz CT molecular complexity index is 1600. The molecule has 1 amide bonds. The Hall–Kier alpha value is -3.50. The van der Waals surface area contributed by atoms with Crippen molar-refractivity contribution in [3.63, 3.8) is 0 Å². The van der Waals surface area contributed by atoms with Crippen LogP contribution in [0.3, 0.4) is 0 Å². The number of carbonyl (C=O) groups excluding carboxylic acids is 2. The number of amides is 1. The van der Waals surface area contributed by atoms with Gasteiger partial charge in [0.1, 0.15) is 5.75 Å². The van der Waals surface area contributed by atoms with E-state index in [9.17, 15) is 14.4 Å².